The lowest BCUT2D eigenvalue weighted by Crippen LogP contribution is -2.44. The molecule has 1 aliphatic rings. The van der Waals surface area contributed by atoms with Gasteiger partial charge in [-0.15, -0.1) is 0 Å². The molecule has 36 heavy (non-hydrogen) atoms. The summed E-state index contributed by atoms with van der Waals surface area (Å²) in [7, 11) is 2.02. The molecule has 0 spiro atoms. The fraction of sp³-hybridized carbons (Fsp3) is 0.300. The smallest absolute Gasteiger partial charge is 0.260 e. The average molecular weight is 481 g/mol. The van der Waals surface area contributed by atoms with Gasteiger partial charge in [0.2, 0.25) is 0 Å². The lowest BCUT2D eigenvalue weighted by atomic mass is 9.89. The molecule has 2 aromatic heterocycles. The fourth-order valence-electron chi connectivity index (χ4n) is 5.18. The largest absolute Gasteiger partial charge is 0.360 e. The van der Waals surface area contributed by atoms with E-state index in [0.717, 1.165) is 47.9 Å². The molecule has 0 saturated heterocycles. The summed E-state index contributed by atoms with van der Waals surface area (Å²) in [6.45, 7) is 2.35. The molecule has 6 nitrogen and oxygen atoms in total. The Morgan fingerprint density at radius 3 is 2.44 bits per heavy atom. The number of amides is 1. The van der Waals surface area contributed by atoms with Crippen molar-refractivity contribution in [2.75, 3.05) is 7.05 Å². The van der Waals surface area contributed by atoms with Crippen molar-refractivity contribution in [3.05, 3.63) is 96.0 Å². The molecule has 1 aliphatic carbocycles. The summed E-state index contributed by atoms with van der Waals surface area (Å²) in [5.41, 5.74) is 5.30. The van der Waals surface area contributed by atoms with Crippen LogP contribution in [-0.4, -0.2) is 40.1 Å². The second-order valence-electron chi connectivity index (χ2n) is 9.50. The van der Waals surface area contributed by atoms with Gasteiger partial charge in [-0.2, -0.15) is 0 Å². The third-order valence-electron chi connectivity index (χ3n) is 7.21. The molecule has 0 aliphatic heterocycles. The van der Waals surface area contributed by atoms with Crippen LogP contribution in [0.2, 0.25) is 0 Å². The van der Waals surface area contributed by atoms with Gasteiger partial charge in [-0.05, 0) is 68.5 Å². The summed E-state index contributed by atoms with van der Waals surface area (Å²) in [6, 6.07) is 22.8. The number of nitrogens with zero attached hydrogens (tertiary/aromatic N) is 3. The van der Waals surface area contributed by atoms with Gasteiger partial charge < -0.3 is 14.7 Å². The van der Waals surface area contributed by atoms with Gasteiger partial charge in [0.25, 0.3) is 5.91 Å². The average Bonchev–Trinajstić information content (AvgIpc) is 3.34. The van der Waals surface area contributed by atoms with E-state index in [9.17, 15) is 4.79 Å². The molecule has 0 atom stereocenters. The Labute approximate surface area is 212 Å². The van der Waals surface area contributed by atoms with Crippen molar-refractivity contribution in [2.45, 2.75) is 51.2 Å². The van der Waals surface area contributed by atoms with Crippen molar-refractivity contribution in [1.82, 2.24) is 20.4 Å². The molecule has 2 aromatic carbocycles. The Kier molecular flexibility index (Phi) is 7.23. The maximum Gasteiger partial charge on any atom is 0.260 e. The topological polar surface area (TPSA) is 71.3 Å². The standard InChI is InChI=1S/C30H32N4O2/c1-21-28(29(33-36-21)23-9-4-3-5-10-23)30(35)34(27-15-13-26(31-2)14-16-27)20-22-8-6-11-24(18-22)25-12-7-17-32-19-25/h3-12,17-19,26-27,31H,13-16,20H2,1-2H3. The lowest BCUT2D eigenvalue weighted by Gasteiger charge is -2.37. The zero-order valence-electron chi connectivity index (χ0n) is 20.9. The molecule has 184 valence electrons. The highest BCUT2D eigenvalue weighted by molar-refractivity contribution is 6.01. The summed E-state index contributed by atoms with van der Waals surface area (Å²) in [5.74, 6) is 0.532. The highest BCUT2D eigenvalue weighted by Gasteiger charge is 2.33. The number of rotatable bonds is 7. The normalized spacial score (nSPS) is 17.6. The van der Waals surface area contributed by atoms with Crippen molar-refractivity contribution < 1.29 is 9.32 Å². The summed E-state index contributed by atoms with van der Waals surface area (Å²) in [6.07, 6.45) is 7.67. The van der Waals surface area contributed by atoms with E-state index >= 15 is 0 Å². The van der Waals surface area contributed by atoms with E-state index in [1.54, 1.807) is 6.20 Å². The monoisotopic (exact) mass is 480 g/mol. The van der Waals surface area contributed by atoms with Crippen LogP contribution in [0.5, 0.6) is 0 Å². The number of aryl methyl sites for hydroxylation is 1. The number of nitrogens with one attached hydrogen (secondary N) is 1. The molecular weight excluding hydrogens is 448 g/mol. The Bertz CT molecular complexity index is 1300. The number of pyridine rings is 1. The van der Waals surface area contributed by atoms with Gasteiger partial charge >= 0.3 is 0 Å². The Morgan fingerprint density at radius 2 is 1.72 bits per heavy atom. The second kappa shape index (κ2) is 10.9. The van der Waals surface area contributed by atoms with Crippen molar-refractivity contribution in [3.8, 4) is 22.4 Å². The van der Waals surface area contributed by atoms with Gasteiger partial charge in [-0.1, -0.05) is 59.8 Å². The van der Waals surface area contributed by atoms with Crippen molar-refractivity contribution in [2.24, 2.45) is 0 Å². The SMILES string of the molecule is CNC1CCC(N(Cc2cccc(-c3cccnc3)c2)C(=O)c2c(-c3ccccc3)noc2C)CC1. The third kappa shape index (κ3) is 5.09. The number of carbonyl (C=O) groups is 1. The predicted octanol–water partition coefficient (Wildman–Crippen LogP) is 5.89. The molecule has 2 heterocycles. The molecular formula is C30H32N4O2. The first-order valence-corrected chi connectivity index (χ1v) is 12.6. The maximum absolute atomic E-state index is 14.2. The molecule has 0 bridgehead atoms. The van der Waals surface area contributed by atoms with Crippen LogP contribution in [0.3, 0.4) is 0 Å². The van der Waals surface area contributed by atoms with Crippen molar-refractivity contribution in [1.29, 1.82) is 0 Å². The molecule has 0 unspecified atom stereocenters. The highest BCUT2D eigenvalue weighted by Crippen LogP contribution is 2.31. The molecule has 1 amide bonds. The quantitative estimate of drug-likeness (QED) is 0.357. The van der Waals surface area contributed by atoms with Crippen LogP contribution in [0.4, 0.5) is 0 Å². The minimum atomic E-state index is -0.0210. The molecule has 1 fully saturated rings. The number of benzene rings is 2. The van der Waals surface area contributed by atoms with Gasteiger partial charge in [0, 0.05) is 36.6 Å². The molecule has 0 radical (unpaired) electrons. The van der Waals surface area contributed by atoms with E-state index < -0.39 is 0 Å². The first kappa shape index (κ1) is 23.9. The van der Waals surface area contributed by atoms with Crippen molar-refractivity contribution >= 4 is 5.91 Å². The molecule has 6 heteroatoms. The van der Waals surface area contributed by atoms with Gasteiger partial charge in [-0.3, -0.25) is 9.78 Å². The highest BCUT2D eigenvalue weighted by atomic mass is 16.5. The first-order valence-electron chi connectivity index (χ1n) is 12.6. The van der Waals surface area contributed by atoms with Crippen LogP contribution in [0.1, 0.15) is 47.4 Å². The zero-order valence-corrected chi connectivity index (χ0v) is 20.9. The Hall–Kier alpha value is -3.77. The van der Waals surface area contributed by atoms with E-state index in [4.69, 9.17) is 4.52 Å². The van der Waals surface area contributed by atoms with Crippen LogP contribution in [0.15, 0.2) is 83.6 Å². The van der Waals surface area contributed by atoms with Crippen LogP contribution in [0, 0.1) is 6.92 Å². The number of carbonyl (C=O) groups excluding carboxylic acids is 1. The molecule has 5 rings (SSSR count). The lowest BCUT2D eigenvalue weighted by molar-refractivity contribution is 0.0600. The third-order valence-corrected chi connectivity index (χ3v) is 7.21. The van der Waals surface area contributed by atoms with Gasteiger partial charge in [-0.25, -0.2) is 0 Å². The summed E-state index contributed by atoms with van der Waals surface area (Å²) >= 11 is 0. The van der Waals surface area contributed by atoms with E-state index in [1.165, 1.54) is 0 Å². The molecule has 1 N–H and O–H groups in total. The number of aromatic nitrogens is 2. The van der Waals surface area contributed by atoms with E-state index in [2.05, 4.69) is 45.8 Å². The van der Waals surface area contributed by atoms with Crippen LogP contribution >= 0.6 is 0 Å². The van der Waals surface area contributed by atoms with E-state index in [0.29, 0.717) is 29.6 Å². The fourth-order valence-corrected chi connectivity index (χ4v) is 5.18. The second-order valence-corrected chi connectivity index (χ2v) is 9.50. The summed E-state index contributed by atoms with van der Waals surface area (Å²) < 4.78 is 5.56. The van der Waals surface area contributed by atoms with Crippen LogP contribution in [0.25, 0.3) is 22.4 Å². The van der Waals surface area contributed by atoms with Crippen molar-refractivity contribution in [3.63, 3.8) is 0 Å². The number of hydrogen-bond donors (Lipinski definition) is 1. The minimum absolute atomic E-state index is 0.0210. The first-order chi connectivity index (χ1) is 17.6. The van der Waals surface area contributed by atoms with Gasteiger partial charge in [0.15, 0.2) is 0 Å². The van der Waals surface area contributed by atoms with Gasteiger partial charge in [0.1, 0.15) is 17.0 Å². The predicted molar refractivity (Wildman–Crippen MR) is 141 cm³/mol. The minimum Gasteiger partial charge on any atom is -0.360 e. The zero-order chi connectivity index (χ0) is 24.9. The summed E-state index contributed by atoms with van der Waals surface area (Å²) in [5, 5.41) is 7.68. The van der Waals surface area contributed by atoms with Crippen LogP contribution in [-0.2, 0) is 6.54 Å². The Morgan fingerprint density at radius 1 is 0.972 bits per heavy atom. The summed E-state index contributed by atoms with van der Waals surface area (Å²) in [4.78, 5) is 20.5. The van der Waals surface area contributed by atoms with Gasteiger partial charge in [0.05, 0.1) is 0 Å². The van der Waals surface area contributed by atoms with E-state index in [-0.39, 0.29) is 11.9 Å². The molecule has 1 saturated carbocycles. The molecule has 4 aromatic rings. The maximum atomic E-state index is 14.2. The van der Waals surface area contributed by atoms with E-state index in [1.807, 2.05) is 61.5 Å². The number of hydrogen-bond acceptors (Lipinski definition) is 5. The Balaban J connectivity index is 1.49. The van der Waals surface area contributed by atoms with Crippen LogP contribution < -0.4 is 5.32 Å².